The van der Waals surface area contributed by atoms with Crippen molar-refractivity contribution < 1.29 is 17.6 Å². The first-order valence-corrected chi connectivity index (χ1v) is 11.0. The molecule has 4 aromatic rings. The highest BCUT2D eigenvalue weighted by Gasteiger charge is 2.30. The van der Waals surface area contributed by atoms with Gasteiger partial charge in [0.05, 0.1) is 47.6 Å². The highest BCUT2D eigenvalue weighted by molar-refractivity contribution is 7.80. The summed E-state index contributed by atoms with van der Waals surface area (Å²) in [7, 11) is 0. The van der Waals surface area contributed by atoms with E-state index < -0.39 is 11.7 Å². The summed E-state index contributed by atoms with van der Waals surface area (Å²) in [6, 6.07) is 11.4. The molecule has 0 atom stereocenters. The summed E-state index contributed by atoms with van der Waals surface area (Å²) in [4.78, 5) is 0. The molecule has 0 amide bonds. The molecule has 0 aliphatic rings. The maximum absolute atomic E-state index is 13.2. The minimum atomic E-state index is -4.40. The van der Waals surface area contributed by atoms with Gasteiger partial charge in [-0.25, -0.2) is 4.39 Å². The van der Waals surface area contributed by atoms with Crippen molar-refractivity contribution in [1.82, 2.24) is 19.6 Å². The molecule has 0 saturated heterocycles. The third kappa shape index (κ3) is 6.04. The fourth-order valence-corrected chi connectivity index (χ4v) is 3.84. The van der Waals surface area contributed by atoms with Crippen LogP contribution in [-0.4, -0.2) is 24.7 Å². The lowest BCUT2D eigenvalue weighted by Gasteiger charge is -2.10. The van der Waals surface area contributed by atoms with Gasteiger partial charge in [-0.3, -0.25) is 9.36 Å². The molecule has 0 unspecified atom stereocenters. The highest BCUT2D eigenvalue weighted by atomic mass is 32.1. The monoisotopic (exact) mass is 502 g/mol. The molecule has 11 heteroatoms. The molecular weight excluding hydrogens is 480 g/mol. The third-order valence-corrected chi connectivity index (χ3v) is 5.56. The largest absolute Gasteiger partial charge is 0.416 e. The first-order valence-electron chi connectivity index (χ1n) is 10.6. The Morgan fingerprint density at radius 3 is 2.46 bits per heavy atom. The van der Waals surface area contributed by atoms with Gasteiger partial charge in [-0.1, -0.05) is 24.3 Å². The van der Waals surface area contributed by atoms with Crippen LogP contribution in [0.5, 0.6) is 0 Å². The smallest absolute Gasteiger partial charge is 0.330 e. The number of nitrogens with one attached hydrogen (secondary N) is 2. The van der Waals surface area contributed by atoms with E-state index >= 15 is 0 Å². The van der Waals surface area contributed by atoms with E-state index in [1.807, 2.05) is 13.8 Å². The van der Waals surface area contributed by atoms with Gasteiger partial charge in [0.1, 0.15) is 5.82 Å². The summed E-state index contributed by atoms with van der Waals surface area (Å²) in [5.41, 5.74) is 3.64. The maximum Gasteiger partial charge on any atom is 0.416 e. The van der Waals surface area contributed by atoms with Gasteiger partial charge < -0.3 is 10.6 Å². The number of anilines is 2. The predicted octanol–water partition coefficient (Wildman–Crippen LogP) is 5.76. The Labute approximate surface area is 204 Å². The Bertz CT molecular complexity index is 1340. The van der Waals surface area contributed by atoms with E-state index in [1.54, 1.807) is 35.3 Å². The Morgan fingerprint density at radius 1 is 1.00 bits per heavy atom. The molecule has 0 saturated carbocycles. The van der Waals surface area contributed by atoms with Gasteiger partial charge in [0.25, 0.3) is 0 Å². The van der Waals surface area contributed by atoms with Crippen molar-refractivity contribution in [3.05, 3.63) is 94.8 Å². The molecule has 35 heavy (non-hydrogen) atoms. The van der Waals surface area contributed by atoms with Crippen LogP contribution in [0.2, 0.25) is 0 Å². The number of nitrogens with zero attached hydrogens (tertiary/aromatic N) is 4. The Kier molecular flexibility index (Phi) is 6.88. The number of hydrogen-bond donors (Lipinski definition) is 2. The van der Waals surface area contributed by atoms with Crippen molar-refractivity contribution in [2.45, 2.75) is 33.1 Å². The van der Waals surface area contributed by atoms with Crippen molar-refractivity contribution in [1.29, 1.82) is 0 Å². The van der Waals surface area contributed by atoms with Crippen LogP contribution in [0.1, 0.15) is 28.1 Å². The van der Waals surface area contributed by atoms with E-state index in [9.17, 15) is 17.6 Å². The average molecular weight is 503 g/mol. The molecule has 2 N–H and O–H groups in total. The summed E-state index contributed by atoms with van der Waals surface area (Å²) in [6.07, 6.45) is -1.20. The van der Waals surface area contributed by atoms with E-state index in [0.717, 1.165) is 34.8 Å². The molecule has 6 nitrogen and oxygen atoms in total. The predicted molar refractivity (Wildman–Crippen MR) is 130 cm³/mol. The van der Waals surface area contributed by atoms with Gasteiger partial charge in [0.15, 0.2) is 5.11 Å². The van der Waals surface area contributed by atoms with Crippen LogP contribution >= 0.6 is 12.2 Å². The van der Waals surface area contributed by atoms with E-state index in [2.05, 4.69) is 20.8 Å². The zero-order chi connectivity index (χ0) is 25.2. The highest BCUT2D eigenvalue weighted by Crippen LogP contribution is 2.29. The summed E-state index contributed by atoms with van der Waals surface area (Å²) >= 11 is 5.42. The second-order valence-electron chi connectivity index (χ2n) is 8.03. The summed E-state index contributed by atoms with van der Waals surface area (Å²) < 4.78 is 55.3. The molecule has 182 valence electrons. The van der Waals surface area contributed by atoms with Crippen molar-refractivity contribution >= 4 is 28.7 Å². The number of aryl methyl sites for hydroxylation is 1. The Balaban J connectivity index is 1.39. The van der Waals surface area contributed by atoms with Gasteiger partial charge in [-0.2, -0.15) is 23.4 Å². The van der Waals surface area contributed by atoms with Crippen molar-refractivity contribution in [3.63, 3.8) is 0 Å². The Morgan fingerprint density at radius 2 is 1.74 bits per heavy atom. The van der Waals surface area contributed by atoms with Crippen LogP contribution in [0, 0.1) is 19.7 Å². The van der Waals surface area contributed by atoms with Crippen molar-refractivity contribution in [2.75, 3.05) is 10.6 Å². The third-order valence-electron chi connectivity index (χ3n) is 5.36. The number of aromatic nitrogens is 4. The lowest BCUT2D eigenvalue weighted by molar-refractivity contribution is -0.137. The Hall–Kier alpha value is -3.73. The quantitative estimate of drug-likeness (QED) is 0.259. The number of alkyl halides is 3. The fraction of sp³-hybridized carbons (Fsp3) is 0.208. The maximum atomic E-state index is 13.2. The van der Waals surface area contributed by atoms with Crippen LogP contribution < -0.4 is 10.6 Å². The number of rotatable bonds is 6. The molecule has 4 rings (SSSR count). The topological polar surface area (TPSA) is 59.7 Å². The molecule has 0 spiro atoms. The molecule has 2 heterocycles. The SMILES string of the molecule is Cc1nn(Cc2ccc(F)cc2)c(C)c1NC(=S)Nc1cnn(Cc2cccc(C(F)(F)F)c2)c1. The molecule has 0 bridgehead atoms. The molecule has 0 aliphatic heterocycles. The van der Waals surface area contributed by atoms with Crippen LogP contribution in [0.4, 0.5) is 28.9 Å². The lowest BCUT2D eigenvalue weighted by atomic mass is 10.1. The van der Waals surface area contributed by atoms with E-state index in [1.165, 1.54) is 22.9 Å². The first-order chi connectivity index (χ1) is 16.6. The molecule has 2 aromatic heterocycles. The van der Waals surface area contributed by atoms with Crippen LogP contribution in [0.3, 0.4) is 0 Å². The average Bonchev–Trinajstić information content (AvgIpc) is 3.34. The van der Waals surface area contributed by atoms with Crippen molar-refractivity contribution in [3.8, 4) is 0 Å². The number of benzene rings is 2. The van der Waals surface area contributed by atoms with Gasteiger partial charge >= 0.3 is 6.18 Å². The van der Waals surface area contributed by atoms with E-state index in [4.69, 9.17) is 12.2 Å². The van der Waals surface area contributed by atoms with Crippen LogP contribution in [0.15, 0.2) is 60.9 Å². The summed E-state index contributed by atoms with van der Waals surface area (Å²) in [5, 5.41) is 15.2. The summed E-state index contributed by atoms with van der Waals surface area (Å²) in [5.74, 6) is -0.293. The zero-order valence-electron chi connectivity index (χ0n) is 18.9. The molecule has 0 radical (unpaired) electrons. The standard InChI is InChI=1S/C24H22F4N6S/c1-15-22(16(2)34(32-15)13-17-6-8-20(25)9-7-17)31-23(35)30-21-11-29-33(14-21)12-18-4-3-5-19(10-18)24(26,27)28/h3-11,14H,12-13H2,1-2H3,(H2,30,31,35). The number of hydrogen-bond acceptors (Lipinski definition) is 3. The molecular formula is C24H22F4N6S. The molecule has 2 aromatic carbocycles. The van der Waals surface area contributed by atoms with E-state index in [-0.39, 0.29) is 12.4 Å². The van der Waals surface area contributed by atoms with Gasteiger partial charge in [-0.15, -0.1) is 0 Å². The normalized spacial score (nSPS) is 11.5. The van der Waals surface area contributed by atoms with E-state index in [0.29, 0.717) is 22.9 Å². The first kappa shape index (κ1) is 24.4. The number of halogens is 4. The minimum absolute atomic E-state index is 0.181. The lowest BCUT2D eigenvalue weighted by Crippen LogP contribution is -2.19. The van der Waals surface area contributed by atoms with Gasteiger partial charge in [0.2, 0.25) is 0 Å². The molecule has 0 aliphatic carbocycles. The zero-order valence-corrected chi connectivity index (χ0v) is 19.7. The second kappa shape index (κ2) is 9.87. The summed E-state index contributed by atoms with van der Waals surface area (Å²) in [6.45, 7) is 4.42. The minimum Gasteiger partial charge on any atom is -0.330 e. The van der Waals surface area contributed by atoms with Crippen LogP contribution in [-0.2, 0) is 19.3 Å². The molecule has 0 fully saturated rings. The fourth-order valence-electron chi connectivity index (χ4n) is 3.62. The number of thiocarbonyl (C=S) groups is 1. The van der Waals surface area contributed by atoms with Gasteiger partial charge in [0, 0.05) is 6.20 Å². The van der Waals surface area contributed by atoms with Crippen LogP contribution in [0.25, 0.3) is 0 Å². The van der Waals surface area contributed by atoms with Crippen molar-refractivity contribution in [2.24, 2.45) is 0 Å². The van der Waals surface area contributed by atoms with Gasteiger partial charge in [-0.05, 0) is 61.5 Å². The second-order valence-corrected chi connectivity index (χ2v) is 8.44.